The zero-order valence-electron chi connectivity index (χ0n) is 13.4. The summed E-state index contributed by atoms with van der Waals surface area (Å²) in [6.07, 6.45) is 2.02. The minimum absolute atomic E-state index is 0.0195. The first kappa shape index (κ1) is 15.8. The molecule has 1 fully saturated rings. The topological polar surface area (TPSA) is 54.5 Å². The number of nitrogens with one attached hydrogen (secondary N) is 1. The first-order valence-electron chi connectivity index (χ1n) is 7.77. The van der Waals surface area contributed by atoms with E-state index in [0.717, 1.165) is 41.4 Å². The van der Waals surface area contributed by atoms with E-state index in [1.807, 2.05) is 41.5 Å². The zero-order chi connectivity index (χ0) is 16.2. The van der Waals surface area contributed by atoms with Crippen LogP contribution in [0.4, 0.5) is 4.79 Å². The second-order valence-electron chi connectivity index (χ2n) is 5.64. The standard InChI is InChI=1S/C17H21N3O2S/c1-12-19-14(11-23-12)10-18-17(21)20-9-3-4-16(20)13-5-7-15(22-2)8-6-13/h5-8,11,16H,3-4,9-10H2,1-2H3,(H,18,21)/t16-/m0/s1. The van der Waals surface area contributed by atoms with Crippen molar-refractivity contribution >= 4 is 17.4 Å². The van der Waals surface area contributed by atoms with Crippen LogP contribution in [-0.4, -0.2) is 29.6 Å². The number of hydrogen-bond donors (Lipinski definition) is 1. The Morgan fingerprint density at radius 2 is 2.22 bits per heavy atom. The van der Waals surface area contributed by atoms with E-state index in [4.69, 9.17) is 4.74 Å². The number of carbonyl (C=O) groups excluding carboxylic acids is 1. The van der Waals surface area contributed by atoms with Gasteiger partial charge in [0.25, 0.3) is 0 Å². The second kappa shape index (κ2) is 7.00. The fourth-order valence-electron chi connectivity index (χ4n) is 2.94. The Labute approximate surface area is 140 Å². The predicted molar refractivity (Wildman–Crippen MR) is 90.8 cm³/mol. The summed E-state index contributed by atoms with van der Waals surface area (Å²) >= 11 is 1.60. The molecule has 0 radical (unpaired) electrons. The van der Waals surface area contributed by atoms with Gasteiger partial charge in [0.15, 0.2) is 0 Å². The number of urea groups is 1. The van der Waals surface area contributed by atoms with E-state index in [1.165, 1.54) is 0 Å². The van der Waals surface area contributed by atoms with Crippen molar-refractivity contribution in [2.75, 3.05) is 13.7 Å². The molecule has 1 N–H and O–H groups in total. The van der Waals surface area contributed by atoms with Crippen LogP contribution in [-0.2, 0) is 6.54 Å². The summed E-state index contributed by atoms with van der Waals surface area (Å²) in [6, 6.07) is 8.09. The molecule has 5 nitrogen and oxygen atoms in total. The molecule has 0 spiro atoms. The maximum atomic E-state index is 12.5. The van der Waals surface area contributed by atoms with Gasteiger partial charge in [0.2, 0.25) is 0 Å². The first-order valence-corrected chi connectivity index (χ1v) is 8.65. The summed E-state index contributed by atoms with van der Waals surface area (Å²) in [7, 11) is 1.66. The Morgan fingerprint density at radius 1 is 1.43 bits per heavy atom. The fourth-order valence-corrected chi connectivity index (χ4v) is 3.55. The van der Waals surface area contributed by atoms with Gasteiger partial charge in [-0.25, -0.2) is 9.78 Å². The molecule has 1 aliphatic heterocycles. The molecule has 1 aromatic carbocycles. The van der Waals surface area contributed by atoms with Gasteiger partial charge >= 0.3 is 6.03 Å². The van der Waals surface area contributed by atoms with Gasteiger partial charge in [-0.3, -0.25) is 0 Å². The molecule has 1 aliphatic rings. The lowest BCUT2D eigenvalue weighted by atomic mass is 10.0. The summed E-state index contributed by atoms with van der Waals surface area (Å²) in [6.45, 7) is 3.24. The molecule has 2 heterocycles. The van der Waals surface area contributed by atoms with Crippen LogP contribution in [0.15, 0.2) is 29.6 Å². The van der Waals surface area contributed by atoms with Crippen molar-refractivity contribution in [2.24, 2.45) is 0 Å². The van der Waals surface area contributed by atoms with Gasteiger partial charge in [0.1, 0.15) is 5.75 Å². The summed E-state index contributed by atoms with van der Waals surface area (Å²) in [5.74, 6) is 0.835. The van der Waals surface area contributed by atoms with Crippen LogP contribution in [0.25, 0.3) is 0 Å². The third-order valence-electron chi connectivity index (χ3n) is 4.10. The Kier molecular flexibility index (Phi) is 4.81. The molecule has 122 valence electrons. The van der Waals surface area contributed by atoms with Crippen molar-refractivity contribution in [3.63, 3.8) is 0 Å². The van der Waals surface area contributed by atoms with Crippen LogP contribution in [0, 0.1) is 6.92 Å². The average molecular weight is 331 g/mol. The number of nitrogens with zero attached hydrogens (tertiary/aromatic N) is 2. The Bertz CT molecular complexity index is 669. The molecular formula is C17H21N3O2S. The Morgan fingerprint density at radius 3 is 2.87 bits per heavy atom. The molecule has 3 rings (SSSR count). The number of aryl methyl sites for hydroxylation is 1. The maximum absolute atomic E-state index is 12.5. The van der Waals surface area contributed by atoms with Gasteiger partial charge in [-0.2, -0.15) is 0 Å². The minimum Gasteiger partial charge on any atom is -0.497 e. The molecule has 0 saturated carbocycles. The molecule has 1 aromatic heterocycles. The molecule has 0 aliphatic carbocycles. The summed E-state index contributed by atoms with van der Waals surface area (Å²) < 4.78 is 5.20. The highest BCUT2D eigenvalue weighted by Crippen LogP contribution is 2.32. The maximum Gasteiger partial charge on any atom is 0.318 e. The average Bonchev–Trinajstić information content (AvgIpc) is 3.21. The van der Waals surface area contributed by atoms with Crippen molar-refractivity contribution in [3.8, 4) is 5.75 Å². The second-order valence-corrected chi connectivity index (χ2v) is 6.70. The van der Waals surface area contributed by atoms with Crippen LogP contribution < -0.4 is 10.1 Å². The molecule has 2 aromatic rings. The number of likely N-dealkylation sites (tertiary alicyclic amines) is 1. The Hall–Kier alpha value is -2.08. The van der Waals surface area contributed by atoms with Crippen molar-refractivity contribution in [3.05, 3.63) is 45.9 Å². The Balaban J connectivity index is 1.64. The van der Waals surface area contributed by atoms with Gasteiger partial charge < -0.3 is 15.0 Å². The third kappa shape index (κ3) is 3.64. The number of ether oxygens (including phenoxy) is 1. The molecule has 23 heavy (non-hydrogen) atoms. The van der Waals surface area contributed by atoms with Crippen LogP contribution in [0.2, 0.25) is 0 Å². The molecule has 0 bridgehead atoms. The highest BCUT2D eigenvalue weighted by Gasteiger charge is 2.29. The van der Waals surface area contributed by atoms with E-state index < -0.39 is 0 Å². The van der Waals surface area contributed by atoms with E-state index in [0.29, 0.717) is 6.54 Å². The van der Waals surface area contributed by atoms with E-state index in [-0.39, 0.29) is 12.1 Å². The fraction of sp³-hybridized carbons (Fsp3) is 0.412. The van der Waals surface area contributed by atoms with Crippen LogP contribution in [0.3, 0.4) is 0 Å². The smallest absolute Gasteiger partial charge is 0.318 e. The predicted octanol–water partition coefficient (Wildman–Crippen LogP) is 3.51. The molecule has 1 atom stereocenters. The highest BCUT2D eigenvalue weighted by molar-refractivity contribution is 7.09. The number of aromatic nitrogens is 1. The third-order valence-corrected chi connectivity index (χ3v) is 4.92. The van der Waals surface area contributed by atoms with Crippen LogP contribution in [0.1, 0.15) is 35.1 Å². The van der Waals surface area contributed by atoms with Gasteiger partial charge in [-0.05, 0) is 37.5 Å². The highest BCUT2D eigenvalue weighted by atomic mass is 32.1. The number of thiazole rings is 1. The summed E-state index contributed by atoms with van der Waals surface area (Å²) in [4.78, 5) is 18.8. The number of rotatable bonds is 4. The van der Waals surface area contributed by atoms with E-state index in [9.17, 15) is 4.79 Å². The number of carbonyl (C=O) groups is 1. The number of amides is 2. The van der Waals surface area contributed by atoms with Crippen LogP contribution >= 0.6 is 11.3 Å². The first-order chi connectivity index (χ1) is 11.2. The zero-order valence-corrected chi connectivity index (χ0v) is 14.2. The lowest BCUT2D eigenvalue weighted by Gasteiger charge is -2.25. The number of methoxy groups -OCH3 is 1. The molecule has 6 heteroatoms. The van der Waals surface area contributed by atoms with Gasteiger partial charge in [0, 0.05) is 11.9 Å². The lowest BCUT2D eigenvalue weighted by molar-refractivity contribution is 0.192. The van der Waals surface area contributed by atoms with Crippen molar-refractivity contribution in [1.29, 1.82) is 0 Å². The number of hydrogen-bond acceptors (Lipinski definition) is 4. The molecular weight excluding hydrogens is 310 g/mol. The van der Waals surface area contributed by atoms with Crippen molar-refractivity contribution < 1.29 is 9.53 Å². The van der Waals surface area contributed by atoms with E-state index in [2.05, 4.69) is 10.3 Å². The van der Waals surface area contributed by atoms with Crippen molar-refractivity contribution in [1.82, 2.24) is 15.2 Å². The largest absolute Gasteiger partial charge is 0.497 e. The molecule has 1 saturated heterocycles. The van der Waals surface area contributed by atoms with E-state index >= 15 is 0 Å². The van der Waals surface area contributed by atoms with Gasteiger partial charge in [-0.1, -0.05) is 12.1 Å². The monoisotopic (exact) mass is 331 g/mol. The molecule has 0 unspecified atom stereocenters. The summed E-state index contributed by atoms with van der Waals surface area (Å²) in [5.41, 5.74) is 2.07. The summed E-state index contributed by atoms with van der Waals surface area (Å²) in [5, 5.41) is 5.99. The quantitative estimate of drug-likeness (QED) is 0.933. The van der Waals surface area contributed by atoms with Crippen molar-refractivity contribution in [2.45, 2.75) is 32.4 Å². The van der Waals surface area contributed by atoms with Crippen LogP contribution in [0.5, 0.6) is 5.75 Å². The minimum atomic E-state index is -0.0195. The van der Waals surface area contributed by atoms with Gasteiger partial charge in [0.05, 0.1) is 30.4 Å². The molecule has 2 amide bonds. The number of benzene rings is 1. The normalized spacial score (nSPS) is 17.3. The SMILES string of the molecule is COc1ccc([C@@H]2CCCN2C(=O)NCc2csc(C)n2)cc1. The van der Waals surface area contributed by atoms with E-state index in [1.54, 1.807) is 18.4 Å². The lowest BCUT2D eigenvalue weighted by Crippen LogP contribution is -2.39. The van der Waals surface area contributed by atoms with Gasteiger partial charge in [-0.15, -0.1) is 11.3 Å².